The van der Waals surface area contributed by atoms with E-state index < -0.39 is 0 Å². The zero-order valence-corrected chi connectivity index (χ0v) is 22.4. The summed E-state index contributed by atoms with van der Waals surface area (Å²) in [6.07, 6.45) is 0. The Morgan fingerprint density at radius 1 is 1.19 bits per heavy atom. The van der Waals surface area contributed by atoms with E-state index in [0.717, 1.165) is 51.8 Å². The summed E-state index contributed by atoms with van der Waals surface area (Å²) in [5, 5.41) is 6.32. The maximum atomic E-state index is 12.0. The SMILES string of the molecule is CCNC(=NCC(C)N(C)Cc1ccccc1)N1CCN(CC(=O)NCCOC)CC1.I. The van der Waals surface area contributed by atoms with Crippen molar-refractivity contribution >= 4 is 35.8 Å². The first kappa shape index (κ1) is 28.6. The quantitative estimate of drug-likeness (QED) is 0.185. The predicted octanol–water partition coefficient (Wildman–Crippen LogP) is 1.47. The van der Waals surface area contributed by atoms with Crippen molar-refractivity contribution in [2.45, 2.75) is 26.4 Å². The Hall–Kier alpha value is -1.43. The van der Waals surface area contributed by atoms with Crippen LogP contribution < -0.4 is 10.6 Å². The minimum Gasteiger partial charge on any atom is -0.383 e. The first-order chi connectivity index (χ1) is 15.0. The van der Waals surface area contributed by atoms with E-state index in [4.69, 9.17) is 9.73 Å². The fourth-order valence-corrected chi connectivity index (χ4v) is 3.48. The molecular weight excluding hydrogens is 519 g/mol. The maximum Gasteiger partial charge on any atom is 0.234 e. The summed E-state index contributed by atoms with van der Waals surface area (Å²) in [5.74, 6) is 1.02. The summed E-state index contributed by atoms with van der Waals surface area (Å²) in [4.78, 5) is 23.8. The Bertz CT molecular complexity index is 668. The lowest BCUT2D eigenvalue weighted by Gasteiger charge is -2.36. The van der Waals surface area contributed by atoms with Crippen LogP contribution in [0.5, 0.6) is 0 Å². The number of benzene rings is 1. The monoisotopic (exact) mass is 560 g/mol. The second-order valence-corrected chi connectivity index (χ2v) is 8.05. The highest BCUT2D eigenvalue weighted by Crippen LogP contribution is 2.07. The van der Waals surface area contributed by atoms with Gasteiger partial charge in [0.1, 0.15) is 0 Å². The molecular formula is C23H41IN6O2. The summed E-state index contributed by atoms with van der Waals surface area (Å²) in [6.45, 7) is 11.8. The number of aliphatic imine (C=N–C) groups is 1. The van der Waals surface area contributed by atoms with E-state index >= 15 is 0 Å². The standard InChI is InChI=1S/C23H40N6O2.HI/c1-5-24-23(26-17-20(2)27(3)18-21-9-7-6-8-10-21)29-14-12-28(13-15-29)19-22(30)25-11-16-31-4;/h6-10,20H,5,11-19H2,1-4H3,(H,24,26)(H,25,30);1H. The minimum atomic E-state index is 0. The first-order valence-electron chi connectivity index (χ1n) is 11.3. The van der Waals surface area contributed by atoms with Gasteiger partial charge in [-0.1, -0.05) is 30.3 Å². The molecule has 1 saturated heterocycles. The first-order valence-corrected chi connectivity index (χ1v) is 11.3. The number of amides is 1. The number of rotatable bonds is 11. The van der Waals surface area contributed by atoms with Crippen molar-refractivity contribution in [2.75, 3.05) is 73.1 Å². The zero-order chi connectivity index (χ0) is 22.5. The van der Waals surface area contributed by atoms with E-state index in [1.165, 1.54) is 5.56 Å². The van der Waals surface area contributed by atoms with E-state index in [2.05, 4.69) is 70.5 Å². The highest BCUT2D eigenvalue weighted by atomic mass is 127. The Labute approximate surface area is 210 Å². The molecule has 1 aliphatic rings. The fraction of sp³-hybridized carbons (Fsp3) is 0.652. The van der Waals surface area contributed by atoms with Gasteiger partial charge < -0.3 is 20.3 Å². The number of guanidine groups is 1. The van der Waals surface area contributed by atoms with Crippen LogP contribution in [0.2, 0.25) is 0 Å². The van der Waals surface area contributed by atoms with Crippen molar-refractivity contribution in [3.63, 3.8) is 0 Å². The van der Waals surface area contributed by atoms with Gasteiger partial charge in [0.05, 0.1) is 19.7 Å². The number of nitrogens with one attached hydrogen (secondary N) is 2. The van der Waals surface area contributed by atoms with Gasteiger partial charge in [-0.15, -0.1) is 24.0 Å². The molecule has 1 heterocycles. The van der Waals surface area contributed by atoms with Gasteiger partial charge in [0, 0.05) is 59.0 Å². The van der Waals surface area contributed by atoms with Gasteiger partial charge in [-0.3, -0.25) is 19.6 Å². The van der Waals surface area contributed by atoms with Crippen LogP contribution in [0.15, 0.2) is 35.3 Å². The van der Waals surface area contributed by atoms with Crippen molar-refractivity contribution in [3.05, 3.63) is 35.9 Å². The normalized spacial score (nSPS) is 15.9. The Balaban J connectivity index is 0.00000512. The summed E-state index contributed by atoms with van der Waals surface area (Å²) in [6, 6.07) is 10.9. The molecule has 8 nitrogen and oxygen atoms in total. The fourth-order valence-electron chi connectivity index (χ4n) is 3.48. The number of nitrogens with zero attached hydrogens (tertiary/aromatic N) is 4. The lowest BCUT2D eigenvalue weighted by Crippen LogP contribution is -2.54. The molecule has 182 valence electrons. The number of hydrogen-bond donors (Lipinski definition) is 2. The van der Waals surface area contributed by atoms with Crippen LogP contribution in [-0.4, -0.2) is 106 Å². The second-order valence-electron chi connectivity index (χ2n) is 8.05. The highest BCUT2D eigenvalue weighted by molar-refractivity contribution is 14.0. The van der Waals surface area contributed by atoms with E-state index in [1.54, 1.807) is 7.11 Å². The molecule has 0 radical (unpaired) electrons. The lowest BCUT2D eigenvalue weighted by molar-refractivity contribution is -0.122. The molecule has 9 heteroatoms. The number of likely N-dealkylation sites (N-methyl/N-ethyl adjacent to an activating group) is 1. The summed E-state index contributed by atoms with van der Waals surface area (Å²) < 4.78 is 4.97. The molecule has 1 atom stereocenters. The number of methoxy groups -OCH3 is 1. The summed E-state index contributed by atoms with van der Waals surface area (Å²) in [7, 11) is 3.79. The minimum absolute atomic E-state index is 0. The van der Waals surface area contributed by atoms with Crippen molar-refractivity contribution in [3.8, 4) is 0 Å². The smallest absolute Gasteiger partial charge is 0.234 e. The molecule has 0 bridgehead atoms. The van der Waals surface area contributed by atoms with Crippen LogP contribution in [0.3, 0.4) is 0 Å². The van der Waals surface area contributed by atoms with Crippen molar-refractivity contribution in [2.24, 2.45) is 4.99 Å². The van der Waals surface area contributed by atoms with E-state index in [-0.39, 0.29) is 29.9 Å². The average molecular weight is 561 g/mol. The number of carbonyl (C=O) groups is 1. The average Bonchev–Trinajstić information content (AvgIpc) is 2.78. The van der Waals surface area contributed by atoms with Crippen LogP contribution in [0.1, 0.15) is 19.4 Å². The molecule has 1 unspecified atom stereocenters. The topological polar surface area (TPSA) is 72.4 Å². The van der Waals surface area contributed by atoms with Gasteiger partial charge in [0.25, 0.3) is 0 Å². The van der Waals surface area contributed by atoms with E-state index in [9.17, 15) is 4.79 Å². The number of halogens is 1. The third-order valence-electron chi connectivity index (χ3n) is 5.53. The molecule has 1 aromatic carbocycles. The number of carbonyl (C=O) groups excluding carboxylic acids is 1. The van der Waals surface area contributed by atoms with Gasteiger partial charge >= 0.3 is 0 Å². The molecule has 2 N–H and O–H groups in total. The third-order valence-corrected chi connectivity index (χ3v) is 5.53. The van der Waals surface area contributed by atoms with Crippen LogP contribution >= 0.6 is 24.0 Å². The Morgan fingerprint density at radius 2 is 1.88 bits per heavy atom. The van der Waals surface area contributed by atoms with E-state index in [0.29, 0.717) is 25.7 Å². The molecule has 0 saturated carbocycles. The Morgan fingerprint density at radius 3 is 2.50 bits per heavy atom. The van der Waals surface area contributed by atoms with Gasteiger partial charge in [0.2, 0.25) is 5.91 Å². The molecule has 0 spiro atoms. The van der Waals surface area contributed by atoms with Crippen molar-refractivity contribution in [1.29, 1.82) is 0 Å². The van der Waals surface area contributed by atoms with Crippen molar-refractivity contribution < 1.29 is 9.53 Å². The van der Waals surface area contributed by atoms with Gasteiger partial charge in [-0.05, 0) is 26.5 Å². The number of ether oxygens (including phenoxy) is 1. The second kappa shape index (κ2) is 16.2. The van der Waals surface area contributed by atoms with Crippen LogP contribution in [0, 0.1) is 0 Å². The van der Waals surface area contributed by atoms with Crippen molar-refractivity contribution in [1.82, 2.24) is 25.3 Å². The molecule has 1 aromatic rings. The molecule has 0 aliphatic carbocycles. The largest absolute Gasteiger partial charge is 0.383 e. The van der Waals surface area contributed by atoms with Crippen LogP contribution in [0.4, 0.5) is 0 Å². The highest BCUT2D eigenvalue weighted by Gasteiger charge is 2.21. The molecule has 1 fully saturated rings. The predicted molar refractivity (Wildman–Crippen MR) is 142 cm³/mol. The molecule has 32 heavy (non-hydrogen) atoms. The van der Waals surface area contributed by atoms with E-state index in [1.807, 2.05) is 6.07 Å². The Kier molecular flexibility index (Phi) is 14.5. The maximum absolute atomic E-state index is 12.0. The molecule has 1 aliphatic heterocycles. The van der Waals surface area contributed by atoms with Gasteiger partial charge in [-0.2, -0.15) is 0 Å². The molecule has 2 rings (SSSR count). The third kappa shape index (κ3) is 10.5. The summed E-state index contributed by atoms with van der Waals surface area (Å²) >= 11 is 0. The zero-order valence-electron chi connectivity index (χ0n) is 20.0. The lowest BCUT2D eigenvalue weighted by atomic mass is 10.2. The van der Waals surface area contributed by atoms with Crippen LogP contribution in [0.25, 0.3) is 0 Å². The van der Waals surface area contributed by atoms with Crippen LogP contribution in [-0.2, 0) is 16.1 Å². The molecule has 0 aromatic heterocycles. The summed E-state index contributed by atoms with van der Waals surface area (Å²) in [5.41, 5.74) is 1.31. The number of piperazine rings is 1. The number of hydrogen-bond acceptors (Lipinski definition) is 5. The van der Waals surface area contributed by atoms with Gasteiger partial charge in [0.15, 0.2) is 5.96 Å². The van der Waals surface area contributed by atoms with Gasteiger partial charge in [-0.25, -0.2) is 0 Å². The molecule has 1 amide bonds.